The highest BCUT2D eigenvalue weighted by atomic mass is 35.5. The van der Waals surface area contributed by atoms with E-state index in [1.165, 1.54) is 11.3 Å². The van der Waals surface area contributed by atoms with Crippen molar-refractivity contribution in [2.24, 2.45) is 17.4 Å². The molecule has 0 radical (unpaired) electrons. The topological polar surface area (TPSA) is 127 Å². The van der Waals surface area contributed by atoms with Gasteiger partial charge in [0.2, 0.25) is 5.91 Å². The van der Waals surface area contributed by atoms with E-state index in [9.17, 15) is 9.59 Å². The number of nitrogens with one attached hydrogen (secondary N) is 2. The summed E-state index contributed by atoms with van der Waals surface area (Å²) >= 11 is 1.29. The third-order valence-corrected chi connectivity index (χ3v) is 3.76. The summed E-state index contributed by atoms with van der Waals surface area (Å²) in [6, 6.07) is 1.04. The predicted molar refractivity (Wildman–Crippen MR) is 89.1 cm³/mol. The number of thiazole rings is 1. The molecule has 0 saturated carbocycles. The molecule has 7 nitrogen and oxygen atoms in total. The average molecular weight is 344 g/mol. The van der Waals surface area contributed by atoms with Gasteiger partial charge in [0.05, 0.1) is 11.7 Å². The number of nitrogens with zero attached hydrogens (tertiary/aromatic N) is 1. The van der Waals surface area contributed by atoms with Crippen molar-refractivity contribution in [1.82, 2.24) is 9.97 Å². The second kappa shape index (κ2) is 7.39. The molecule has 2 aromatic rings. The van der Waals surface area contributed by atoms with Gasteiger partial charge in [0.25, 0.3) is 5.91 Å². The Kier molecular flexibility index (Phi) is 6.10. The van der Waals surface area contributed by atoms with Crippen LogP contribution in [0, 0.1) is 5.92 Å². The minimum Gasteiger partial charge on any atom is -0.364 e. The first-order valence-corrected chi connectivity index (χ1v) is 7.27. The number of aromatic nitrogens is 2. The van der Waals surface area contributed by atoms with Crippen LogP contribution in [0.5, 0.6) is 0 Å². The molecule has 0 bridgehead atoms. The Labute approximate surface area is 137 Å². The van der Waals surface area contributed by atoms with Crippen LogP contribution in [0.4, 0.5) is 5.13 Å². The van der Waals surface area contributed by atoms with E-state index in [4.69, 9.17) is 11.5 Å². The minimum absolute atomic E-state index is 0. The Bertz CT molecular complexity index is 667. The molecule has 0 aliphatic carbocycles. The first-order valence-electron chi connectivity index (χ1n) is 6.39. The summed E-state index contributed by atoms with van der Waals surface area (Å²) in [6.45, 7) is 3.76. The molecule has 1 unspecified atom stereocenters. The van der Waals surface area contributed by atoms with Gasteiger partial charge in [-0.2, -0.15) is 0 Å². The maximum Gasteiger partial charge on any atom is 0.265 e. The number of primary amides is 1. The number of carbonyl (C=O) groups is 2. The van der Waals surface area contributed by atoms with E-state index in [2.05, 4.69) is 15.3 Å². The number of anilines is 1. The van der Waals surface area contributed by atoms with Crippen LogP contribution in [0.2, 0.25) is 0 Å². The van der Waals surface area contributed by atoms with Crippen LogP contribution in [0.25, 0.3) is 11.3 Å². The second-order valence-corrected chi connectivity index (χ2v) is 5.82. The number of hydrogen-bond acceptors (Lipinski definition) is 5. The molecule has 0 aliphatic heterocycles. The molecule has 120 valence electrons. The van der Waals surface area contributed by atoms with Gasteiger partial charge in [0.15, 0.2) is 5.13 Å². The van der Waals surface area contributed by atoms with Crippen LogP contribution >= 0.6 is 23.7 Å². The van der Waals surface area contributed by atoms with Crippen molar-refractivity contribution in [3.05, 3.63) is 23.3 Å². The lowest BCUT2D eigenvalue weighted by Crippen LogP contribution is -2.39. The number of halogens is 1. The Morgan fingerprint density at radius 2 is 2.09 bits per heavy atom. The van der Waals surface area contributed by atoms with Crippen LogP contribution in [-0.4, -0.2) is 27.8 Å². The molecule has 1 atom stereocenters. The maximum atomic E-state index is 11.9. The molecule has 2 aromatic heterocycles. The summed E-state index contributed by atoms with van der Waals surface area (Å²) < 4.78 is 0. The molecule has 2 rings (SSSR count). The SMILES string of the molecule is CC(C)C(N)C(=O)Nc1nc(-c2c[nH]c(C(N)=O)c2)cs1.Cl. The first kappa shape index (κ1) is 18.1. The normalized spacial score (nSPS) is 11.8. The highest BCUT2D eigenvalue weighted by Gasteiger charge is 2.18. The summed E-state index contributed by atoms with van der Waals surface area (Å²) in [5.41, 5.74) is 12.6. The fourth-order valence-electron chi connectivity index (χ4n) is 1.64. The van der Waals surface area contributed by atoms with E-state index in [-0.39, 0.29) is 24.2 Å². The Morgan fingerprint density at radius 1 is 1.41 bits per heavy atom. The van der Waals surface area contributed by atoms with E-state index >= 15 is 0 Å². The summed E-state index contributed by atoms with van der Waals surface area (Å²) in [5.74, 6) is -0.752. The molecule has 2 amide bonds. The molecule has 0 spiro atoms. The maximum absolute atomic E-state index is 11.9. The fourth-order valence-corrected chi connectivity index (χ4v) is 2.36. The van der Waals surface area contributed by atoms with Gasteiger partial charge in [0, 0.05) is 17.1 Å². The average Bonchev–Trinajstić information content (AvgIpc) is 3.05. The first-order chi connectivity index (χ1) is 9.88. The Hall–Kier alpha value is -1.90. The van der Waals surface area contributed by atoms with E-state index in [0.717, 1.165) is 5.56 Å². The molecule has 22 heavy (non-hydrogen) atoms. The molecule has 6 N–H and O–H groups in total. The molecule has 0 saturated heterocycles. The summed E-state index contributed by atoms with van der Waals surface area (Å²) in [6.07, 6.45) is 1.64. The van der Waals surface area contributed by atoms with Crippen molar-refractivity contribution < 1.29 is 9.59 Å². The van der Waals surface area contributed by atoms with Crippen LogP contribution in [0.1, 0.15) is 24.3 Å². The van der Waals surface area contributed by atoms with Crippen molar-refractivity contribution in [2.75, 3.05) is 5.32 Å². The zero-order chi connectivity index (χ0) is 15.6. The van der Waals surface area contributed by atoms with Crippen molar-refractivity contribution in [3.63, 3.8) is 0 Å². The molecular weight excluding hydrogens is 326 g/mol. The van der Waals surface area contributed by atoms with Crippen molar-refractivity contribution in [3.8, 4) is 11.3 Å². The number of nitrogens with two attached hydrogens (primary N) is 2. The number of amides is 2. The smallest absolute Gasteiger partial charge is 0.265 e. The quantitative estimate of drug-likeness (QED) is 0.657. The Morgan fingerprint density at radius 3 is 2.64 bits per heavy atom. The number of hydrogen-bond donors (Lipinski definition) is 4. The van der Waals surface area contributed by atoms with Gasteiger partial charge in [-0.15, -0.1) is 23.7 Å². The lowest BCUT2D eigenvalue weighted by Gasteiger charge is -2.13. The van der Waals surface area contributed by atoms with E-state index < -0.39 is 11.9 Å². The largest absolute Gasteiger partial charge is 0.364 e. The van der Waals surface area contributed by atoms with Gasteiger partial charge in [-0.1, -0.05) is 13.8 Å². The molecular formula is C13H18ClN5O2S. The van der Waals surface area contributed by atoms with E-state index in [0.29, 0.717) is 16.5 Å². The van der Waals surface area contributed by atoms with Crippen LogP contribution in [-0.2, 0) is 4.79 Å². The van der Waals surface area contributed by atoms with Crippen LogP contribution in [0.15, 0.2) is 17.6 Å². The zero-order valence-corrected chi connectivity index (χ0v) is 13.8. The minimum atomic E-state index is -0.578. The third-order valence-electron chi connectivity index (χ3n) is 3.00. The number of aromatic amines is 1. The standard InChI is InChI=1S/C13H17N5O2S.ClH/c1-6(2)10(14)12(20)18-13-17-9(5-21-13)7-3-8(11(15)19)16-4-7;/h3-6,10,16H,14H2,1-2H3,(H2,15,19)(H,17,18,20);1H. The lowest BCUT2D eigenvalue weighted by atomic mass is 10.1. The fraction of sp³-hybridized carbons (Fsp3) is 0.308. The van der Waals surface area contributed by atoms with E-state index in [1.54, 1.807) is 17.6 Å². The summed E-state index contributed by atoms with van der Waals surface area (Å²) in [5, 5.41) is 4.93. The van der Waals surface area contributed by atoms with Crippen molar-refractivity contribution in [2.45, 2.75) is 19.9 Å². The molecule has 0 fully saturated rings. The second-order valence-electron chi connectivity index (χ2n) is 4.96. The molecule has 0 aliphatic rings. The molecule has 0 aromatic carbocycles. The van der Waals surface area contributed by atoms with Crippen LogP contribution < -0.4 is 16.8 Å². The van der Waals surface area contributed by atoms with Crippen LogP contribution in [0.3, 0.4) is 0 Å². The Balaban J connectivity index is 0.00000242. The van der Waals surface area contributed by atoms with Gasteiger partial charge in [-0.25, -0.2) is 4.98 Å². The van der Waals surface area contributed by atoms with Gasteiger partial charge >= 0.3 is 0 Å². The molecule has 9 heteroatoms. The lowest BCUT2D eigenvalue weighted by molar-refractivity contribution is -0.118. The van der Waals surface area contributed by atoms with Crippen molar-refractivity contribution in [1.29, 1.82) is 0 Å². The highest BCUT2D eigenvalue weighted by molar-refractivity contribution is 7.14. The zero-order valence-electron chi connectivity index (χ0n) is 12.1. The van der Waals surface area contributed by atoms with Gasteiger partial charge in [0.1, 0.15) is 5.69 Å². The predicted octanol–water partition coefficient (Wildman–Crippen LogP) is 1.58. The molecule has 2 heterocycles. The summed E-state index contributed by atoms with van der Waals surface area (Å²) in [7, 11) is 0. The number of H-pyrrole nitrogens is 1. The summed E-state index contributed by atoms with van der Waals surface area (Å²) in [4.78, 5) is 30.0. The third kappa shape index (κ3) is 4.06. The highest BCUT2D eigenvalue weighted by Crippen LogP contribution is 2.25. The van der Waals surface area contributed by atoms with Gasteiger partial charge < -0.3 is 21.8 Å². The van der Waals surface area contributed by atoms with Gasteiger partial charge in [-0.3, -0.25) is 9.59 Å². The number of carbonyl (C=O) groups excluding carboxylic acids is 2. The monoisotopic (exact) mass is 343 g/mol. The number of rotatable bonds is 5. The van der Waals surface area contributed by atoms with E-state index in [1.807, 2.05) is 13.8 Å². The van der Waals surface area contributed by atoms with Crippen molar-refractivity contribution >= 4 is 40.7 Å². The van der Waals surface area contributed by atoms with Gasteiger partial charge in [-0.05, 0) is 12.0 Å².